The largest absolute Gasteiger partial charge is 0.488 e. The Labute approximate surface area is 119 Å². The van der Waals surface area contributed by atoms with Crippen LogP contribution < -0.4 is 14.2 Å². The lowest BCUT2D eigenvalue weighted by atomic mass is 10.1. The third kappa shape index (κ3) is 2.62. The fraction of sp³-hybridized carbons (Fsp3) is 0.200. The van der Waals surface area contributed by atoms with E-state index < -0.39 is 11.6 Å². The molecule has 0 saturated carbocycles. The molecule has 21 heavy (non-hydrogen) atoms. The number of halogens is 2. The molecule has 0 amide bonds. The molecule has 1 aliphatic rings. The van der Waals surface area contributed by atoms with E-state index in [-0.39, 0.29) is 25.6 Å². The molecule has 0 spiro atoms. The van der Waals surface area contributed by atoms with Crippen LogP contribution in [0.1, 0.15) is 11.1 Å². The number of aliphatic hydroxyl groups excluding tert-OH is 1. The highest BCUT2D eigenvalue weighted by Gasteiger charge is 2.18. The van der Waals surface area contributed by atoms with Gasteiger partial charge in [-0.2, -0.15) is 0 Å². The Morgan fingerprint density at radius 3 is 2.43 bits per heavy atom. The standard InChI is InChI=1S/C15H12F2O4/c16-11-2-1-3-12(17)10(11)7-19-13-5-15-14(20-8-21-15)4-9(13)6-18/h1-5,18H,6-8H2. The van der Waals surface area contributed by atoms with Crippen LogP contribution in [0.5, 0.6) is 17.2 Å². The minimum absolute atomic E-state index is 0.0889. The van der Waals surface area contributed by atoms with E-state index in [1.165, 1.54) is 12.1 Å². The van der Waals surface area contributed by atoms with Crippen LogP contribution in [-0.4, -0.2) is 11.9 Å². The van der Waals surface area contributed by atoms with Gasteiger partial charge < -0.3 is 19.3 Å². The number of hydrogen-bond acceptors (Lipinski definition) is 4. The van der Waals surface area contributed by atoms with Crippen LogP contribution >= 0.6 is 0 Å². The molecule has 0 saturated heterocycles. The monoisotopic (exact) mass is 294 g/mol. The van der Waals surface area contributed by atoms with E-state index in [2.05, 4.69) is 0 Å². The Morgan fingerprint density at radius 1 is 1.10 bits per heavy atom. The van der Waals surface area contributed by atoms with Crippen LogP contribution in [0.3, 0.4) is 0 Å². The van der Waals surface area contributed by atoms with Crippen molar-refractivity contribution in [2.75, 3.05) is 6.79 Å². The third-order valence-corrected chi connectivity index (χ3v) is 3.16. The van der Waals surface area contributed by atoms with Crippen molar-refractivity contribution in [2.24, 2.45) is 0 Å². The first-order chi connectivity index (χ1) is 10.2. The molecule has 4 nitrogen and oxygen atoms in total. The normalized spacial score (nSPS) is 12.5. The number of fused-ring (bicyclic) bond motifs is 1. The summed E-state index contributed by atoms with van der Waals surface area (Å²) in [5.74, 6) is -0.0911. The number of ether oxygens (including phenoxy) is 3. The predicted molar refractivity (Wildman–Crippen MR) is 69.2 cm³/mol. The maximum atomic E-state index is 13.5. The fourth-order valence-electron chi connectivity index (χ4n) is 2.04. The third-order valence-electron chi connectivity index (χ3n) is 3.16. The van der Waals surface area contributed by atoms with Gasteiger partial charge in [-0.3, -0.25) is 0 Å². The molecule has 0 radical (unpaired) electrons. The summed E-state index contributed by atoms with van der Waals surface area (Å²) >= 11 is 0. The molecule has 110 valence electrons. The summed E-state index contributed by atoms with van der Waals surface area (Å²) in [6, 6.07) is 6.72. The maximum absolute atomic E-state index is 13.5. The van der Waals surface area contributed by atoms with Gasteiger partial charge in [0.05, 0.1) is 12.2 Å². The molecule has 1 heterocycles. The quantitative estimate of drug-likeness (QED) is 0.942. The summed E-state index contributed by atoms with van der Waals surface area (Å²) < 4.78 is 42.9. The van der Waals surface area contributed by atoms with Gasteiger partial charge in [-0.15, -0.1) is 0 Å². The SMILES string of the molecule is OCc1cc2c(cc1OCc1c(F)cccc1F)OCO2. The fourth-order valence-corrected chi connectivity index (χ4v) is 2.04. The second kappa shape index (κ2) is 5.57. The Morgan fingerprint density at radius 2 is 1.76 bits per heavy atom. The molecule has 6 heteroatoms. The number of hydrogen-bond donors (Lipinski definition) is 1. The van der Waals surface area contributed by atoms with Gasteiger partial charge in [-0.1, -0.05) is 6.07 Å². The minimum Gasteiger partial charge on any atom is -0.488 e. The van der Waals surface area contributed by atoms with Crippen LogP contribution in [0.25, 0.3) is 0 Å². The van der Waals surface area contributed by atoms with Gasteiger partial charge in [0.2, 0.25) is 6.79 Å². The van der Waals surface area contributed by atoms with Crippen molar-refractivity contribution >= 4 is 0 Å². The summed E-state index contributed by atoms with van der Waals surface area (Å²) in [6.07, 6.45) is 0. The van der Waals surface area contributed by atoms with E-state index in [1.807, 2.05) is 0 Å². The summed E-state index contributed by atoms with van der Waals surface area (Å²) in [6.45, 7) is -0.484. The molecule has 3 rings (SSSR count). The summed E-state index contributed by atoms with van der Waals surface area (Å²) in [4.78, 5) is 0. The van der Waals surface area contributed by atoms with Crippen molar-refractivity contribution in [3.05, 3.63) is 53.1 Å². The van der Waals surface area contributed by atoms with Gasteiger partial charge >= 0.3 is 0 Å². The highest BCUT2D eigenvalue weighted by atomic mass is 19.1. The lowest BCUT2D eigenvalue weighted by molar-refractivity contribution is 0.173. The smallest absolute Gasteiger partial charge is 0.231 e. The van der Waals surface area contributed by atoms with Gasteiger partial charge in [0, 0.05) is 11.6 Å². The zero-order valence-electron chi connectivity index (χ0n) is 10.9. The van der Waals surface area contributed by atoms with Crippen LogP contribution in [0, 0.1) is 11.6 Å². The predicted octanol–water partition coefficient (Wildman–Crippen LogP) is 2.76. The lowest BCUT2D eigenvalue weighted by Crippen LogP contribution is -2.03. The highest BCUT2D eigenvalue weighted by molar-refractivity contribution is 5.51. The van der Waals surface area contributed by atoms with Crippen LogP contribution in [-0.2, 0) is 13.2 Å². The summed E-state index contributed by atoms with van der Waals surface area (Å²) in [5, 5.41) is 9.33. The molecule has 0 fully saturated rings. The van der Waals surface area contributed by atoms with Gasteiger partial charge in [0.1, 0.15) is 24.0 Å². The van der Waals surface area contributed by atoms with Gasteiger partial charge in [-0.05, 0) is 18.2 Å². The van der Waals surface area contributed by atoms with Crippen LogP contribution in [0.2, 0.25) is 0 Å². The Bertz CT molecular complexity index is 653. The van der Waals surface area contributed by atoms with Gasteiger partial charge in [-0.25, -0.2) is 8.78 Å². The first kappa shape index (κ1) is 13.6. The second-order valence-electron chi connectivity index (χ2n) is 4.46. The second-order valence-corrected chi connectivity index (χ2v) is 4.46. The Balaban J connectivity index is 1.85. The van der Waals surface area contributed by atoms with E-state index in [1.54, 1.807) is 6.07 Å². The van der Waals surface area contributed by atoms with Crippen molar-refractivity contribution in [3.8, 4) is 17.2 Å². The van der Waals surface area contributed by atoms with E-state index in [0.29, 0.717) is 22.8 Å². The van der Waals surface area contributed by atoms with Crippen molar-refractivity contribution in [3.63, 3.8) is 0 Å². The minimum atomic E-state index is -0.679. The first-order valence-corrected chi connectivity index (χ1v) is 6.28. The van der Waals surface area contributed by atoms with Gasteiger partial charge in [0.25, 0.3) is 0 Å². The zero-order valence-corrected chi connectivity index (χ0v) is 10.9. The molecular weight excluding hydrogens is 282 g/mol. The summed E-state index contributed by atoms with van der Waals surface area (Å²) in [7, 11) is 0. The van der Waals surface area contributed by atoms with Crippen molar-refractivity contribution < 1.29 is 28.1 Å². The molecule has 0 bridgehead atoms. The summed E-state index contributed by atoms with van der Waals surface area (Å²) in [5.41, 5.74) is 0.287. The lowest BCUT2D eigenvalue weighted by Gasteiger charge is -2.12. The van der Waals surface area contributed by atoms with Crippen molar-refractivity contribution in [2.45, 2.75) is 13.2 Å². The van der Waals surface area contributed by atoms with Crippen LogP contribution in [0.15, 0.2) is 30.3 Å². The van der Waals surface area contributed by atoms with Crippen molar-refractivity contribution in [1.82, 2.24) is 0 Å². The molecule has 2 aromatic carbocycles. The molecule has 2 aromatic rings. The van der Waals surface area contributed by atoms with Gasteiger partial charge in [0.15, 0.2) is 11.5 Å². The number of benzene rings is 2. The highest BCUT2D eigenvalue weighted by Crippen LogP contribution is 2.38. The average Bonchev–Trinajstić information content (AvgIpc) is 2.93. The number of rotatable bonds is 4. The zero-order chi connectivity index (χ0) is 14.8. The van der Waals surface area contributed by atoms with E-state index in [4.69, 9.17) is 14.2 Å². The molecule has 0 atom stereocenters. The van der Waals surface area contributed by atoms with Crippen molar-refractivity contribution in [1.29, 1.82) is 0 Å². The molecule has 1 N–H and O–H groups in total. The molecule has 1 aliphatic heterocycles. The maximum Gasteiger partial charge on any atom is 0.231 e. The average molecular weight is 294 g/mol. The molecule has 0 aliphatic carbocycles. The molecule has 0 aromatic heterocycles. The molecular formula is C15H12F2O4. The van der Waals surface area contributed by atoms with E-state index in [9.17, 15) is 13.9 Å². The molecule has 0 unspecified atom stereocenters. The van der Waals surface area contributed by atoms with E-state index >= 15 is 0 Å². The topological polar surface area (TPSA) is 47.9 Å². The van der Waals surface area contributed by atoms with E-state index in [0.717, 1.165) is 12.1 Å². The first-order valence-electron chi connectivity index (χ1n) is 6.28. The Kier molecular flexibility index (Phi) is 3.62. The Hall–Kier alpha value is -2.34. The number of aliphatic hydroxyl groups is 1. The van der Waals surface area contributed by atoms with Crippen LogP contribution in [0.4, 0.5) is 8.78 Å².